The van der Waals surface area contributed by atoms with E-state index >= 15 is 0 Å². The van der Waals surface area contributed by atoms with Crippen LogP contribution in [0.5, 0.6) is 5.75 Å². The number of hydrogen-bond acceptors (Lipinski definition) is 3. The van der Waals surface area contributed by atoms with E-state index in [1.54, 1.807) is 19.2 Å². The minimum atomic E-state index is -2.83. The number of halogens is 3. The van der Waals surface area contributed by atoms with Crippen LogP contribution in [0.3, 0.4) is 0 Å². The smallest absolute Gasteiger partial charge is 0.387 e. The molecule has 5 nitrogen and oxygen atoms in total. The molecule has 1 heterocycles. The highest BCUT2D eigenvalue weighted by molar-refractivity contribution is 14.0. The van der Waals surface area contributed by atoms with Crippen molar-refractivity contribution >= 4 is 29.9 Å². The first-order valence-corrected chi connectivity index (χ1v) is 9.28. The number of aliphatic imine (C=N–C) groups is 1. The molecule has 0 amide bonds. The van der Waals surface area contributed by atoms with E-state index in [2.05, 4.69) is 25.3 Å². The van der Waals surface area contributed by atoms with Crippen molar-refractivity contribution in [1.82, 2.24) is 15.5 Å². The van der Waals surface area contributed by atoms with Crippen molar-refractivity contribution in [1.29, 1.82) is 0 Å². The molecule has 3 rings (SSSR count). The Morgan fingerprint density at radius 3 is 2.74 bits per heavy atom. The Labute approximate surface area is 177 Å². The summed E-state index contributed by atoms with van der Waals surface area (Å²) in [7, 11) is 1.72. The van der Waals surface area contributed by atoms with Gasteiger partial charge in [-0.3, -0.25) is 4.99 Å². The van der Waals surface area contributed by atoms with E-state index in [0.717, 1.165) is 24.7 Å². The Kier molecular flexibility index (Phi) is 8.53. The van der Waals surface area contributed by atoms with Gasteiger partial charge in [0, 0.05) is 38.3 Å². The molecule has 1 unspecified atom stereocenters. The normalized spacial score (nSPS) is 20.5. The van der Waals surface area contributed by atoms with Gasteiger partial charge in [0.1, 0.15) is 5.75 Å². The van der Waals surface area contributed by atoms with Gasteiger partial charge in [0.05, 0.1) is 0 Å². The van der Waals surface area contributed by atoms with Crippen molar-refractivity contribution in [2.24, 2.45) is 10.9 Å². The standard InChI is InChI=1S/C19H28F2N4O.HI/c1-13-3-6-17(26-18(20)21)15(9-13)11-24-19(22-2)23-10-14-7-8-25(12-14)16-4-5-16;/h3,6,9,14,16,18H,4-5,7-8,10-12H2,1-2H3,(H2,22,23,24);1H. The average molecular weight is 494 g/mol. The average Bonchev–Trinajstić information content (AvgIpc) is 3.35. The van der Waals surface area contributed by atoms with Crippen LogP contribution < -0.4 is 15.4 Å². The first kappa shape index (κ1) is 22.1. The maximum Gasteiger partial charge on any atom is 0.387 e. The first-order valence-electron chi connectivity index (χ1n) is 9.28. The highest BCUT2D eigenvalue weighted by atomic mass is 127. The fourth-order valence-electron chi connectivity index (χ4n) is 3.50. The quantitative estimate of drug-likeness (QED) is 0.347. The second kappa shape index (κ2) is 10.4. The van der Waals surface area contributed by atoms with Gasteiger partial charge in [0.2, 0.25) is 0 Å². The number of ether oxygens (including phenoxy) is 1. The number of nitrogens with one attached hydrogen (secondary N) is 2. The molecule has 1 aromatic carbocycles. The molecule has 1 atom stereocenters. The zero-order valence-electron chi connectivity index (χ0n) is 15.9. The largest absolute Gasteiger partial charge is 0.434 e. The number of hydrogen-bond donors (Lipinski definition) is 2. The third-order valence-electron chi connectivity index (χ3n) is 5.04. The Balaban J connectivity index is 0.00000261. The lowest BCUT2D eigenvalue weighted by atomic mass is 10.1. The Bertz CT molecular complexity index is 640. The van der Waals surface area contributed by atoms with Crippen molar-refractivity contribution in [3.05, 3.63) is 29.3 Å². The van der Waals surface area contributed by atoms with Gasteiger partial charge in [-0.2, -0.15) is 8.78 Å². The highest BCUT2D eigenvalue weighted by Crippen LogP contribution is 2.31. The molecule has 2 fully saturated rings. The Morgan fingerprint density at radius 2 is 2.07 bits per heavy atom. The monoisotopic (exact) mass is 494 g/mol. The maximum absolute atomic E-state index is 12.6. The van der Waals surface area contributed by atoms with Gasteiger partial charge in [-0.15, -0.1) is 24.0 Å². The van der Waals surface area contributed by atoms with E-state index in [1.807, 2.05) is 13.0 Å². The summed E-state index contributed by atoms with van der Waals surface area (Å²) in [5, 5.41) is 6.56. The summed E-state index contributed by atoms with van der Waals surface area (Å²) in [6.07, 6.45) is 3.91. The fourth-order valence-corrected chi connectivity index (χ4v) is 3.50. The minimum absolute atomic E-state index is 0. The van der Waals surface area contributed by atoms with Crippen LogP contribution in [0.15, 0.2) is 23.2 Å². The zero-order valence-corrected chi connectivity index (χ0v) is 18.2. The van der Waals surface area contributed by atoms with Gasteiger partial charge in [0.25, 0.3) is 0 Å². The van der Waals surface area contributed by atoms with Crippen LogP contribution in [0.4, 0.5) is 8.78 Å². The van der Waals surface area contributed by atoms with E-state index in [0.29, 0.717) is 24.0 Å². The zero-order chi connectivity index (χ0) is 18.5. The molecule has 1 saturated carbocycles. The maximum atomic E-state index is 12.6. The number of rotatable bonds is 7. The van der Waals surface area contributed by atoms with Gasteiger partial charge in [-0.25, -0.2) is 0 Å². The van der Waals surface area contributed by atoms with Gasteiger partial charge < -0.3 is 20.3 Å². The summed E-state index contributed by atoms with van der Waals surface area (Å²) < 4.78 is 29.7. The Hall–Kier alpha value is -1.16. The van der Waals surface area contributed by atoms with E-state index in [9.17, 15) is 8.78 Å². The van der Waals surface area contributed by atoms with Crippen molar-refractivity contribution in [2.45, 2.75) is 45.4 Å². The molecule has 1 saturated heterocycles. The molecular weight excluding hydrogens is 465 g/mol. The van der Waals surface area contributed by atoms with Crippen molar-refractivity contribution in [3.63, 3.8) is 0 Å². The van der Waals surface area contributed by atoms with Crippen LogP contribution >= 0.6 is 24.0 Å². The number of aryl methyl sites for hydroxylation is 1. The molecule has 2 aliphatic rings. The minimum Gasteiger partial charge on any atom is -0.434 e. The van der Waals surface area contributed by atoms with Gasteiger partial charge in [-0.1, -0.05) is 17.7 Å². The molecular formula is C19H29F2IN4O. The van der Waals surface area contributed by atoms with Crippen LogP contribution in [0.25, 0.3) is 0 Å². The van der Waals surface area contributed by atoms with Crippen molar-refractivity contribution in [3.8, 4) is 5.75 Å². The molecule has 0 aromatic heterocycles. The van der Waals surface area contributed by atoms with Gasteiger partial charge >= 0.3 is 6.61 Å². The highest BCUT2D eigenvalue weighted by Gasteiger charge is 2.34. The number of nitrogens with zero attached hydrogens (tertiary/aromatic N) is 2. The van der Waals surface area contributed by atoms with Crippen molar-refractivity contribution < 1.29 is 13.5 Å². The summed E-state index contributed by atoms with van der Waals surface area (Å²) in [6, 6.07) is 6.02. The van der Waals surface area contributed by atoms with Crippen LogP contribution in [-0.2, 0) is 6.54 Å². The first-order chi connectivity index (χ1) is 12.5. The molecule has 0 bridgehead atoms. The number of benzene rings is 1. The molecule has 2 N–H and O–H groups in total. The van der Waals surface area contributed by atoms with Crippen LogP contribution in [0.1, 0.15) is 30.4 Å². The third kappa shape index (κ3) is 6.74. The summed E-state index contributed by atoms with van der Waals surface area (Å²) in [5.74, 6) is 1.51. The van der Waals surface area contributed by atoms with E-state index < -0.39 is 6.61 Å². The van der Waals surface area contributed by atoms with Crippen molar-refractivity contribution in [2.75, 3.05) is 26.7 Å². The molecule has 0 radical (unpaired) electrons. The Morgan fingerprint density at radius 1 is 1.30 bits per heavy atom. The van der Waals surface area contributed by atoms with Gasteiger partial charge in [-0.05, 0) is 44.7 Å². The lowest BCUT2D eigenvalue weighted by Crippen LogP contribution is -2.40. The SMILES string of the molecule is CN=C(NCc1cc(C)ccc1OC(F)F)NCC1CCN(C2CC2)C1.I. The number of guanidine groups is 1. The molecule has 1 aliphatic heterocycles. The van der Waals surface area contributed by atoms with E-state index in [-0.39, 0.29) is 29.7 Å². The predicted octanol–water partition coefficient (Wildman–Crippen LogP) is 3.36. The second-order valence-electron chi connectivity index (χ2n) is 7.18. The molecule has 152 valence electrons. The lowest BCUT2D eigenvalue weighted by molar-refractivity contribution is -0.0504. The summed E-state index contributed by atoms with van der Waals surface area (Å²) in [4.78, 5) is 6.82. The molecule has 8 heteroatoms. The van der Waals surface area contributed by atoms with Crippen LogP contribution in [-0.4, -0.2) is 50.2 Å². The lowest BCUT2D eigenvalue weighted by Gasteiger charge is -2.18. The predicted molar refractivity (Wildman–Crippen MR) is 114 cm³/mol. The summed E-state index contributed by atoms with van der Waals surface area (Å²) >= 11 is 0. The van der Waals surface area contributed by atoms with E-state index in [1.165, 1.54) is 25.8 Å². The second-order valence-corrected chi connectivity index (χ2v) is 7.18. The molecule has 1 aliphatic carbocycles. The third-order valence-corrected chi connectivity index (χ3v) is 5.04. The topological polar surface area (TPSA) is 48.9 Å². The summed E-state index contributed by atoms with van der Waals surface area (Å²) in [5.41, 5.74) is 1.69. The van der Waals surface area contributed by atoms with Crippen LogP contribution in [0, 0.1) is 12.8 Å². The number of alkyl halides is 2. The molecule has 1 aromatic rings. The number of likely N-dealkylation sites (tertiary alicyclic amines) is 1. The van der Waals surface area contributed by atoms with Gasteiger partial charge in [0.15, 0.2) is 5.96 Å². The van der Waals surface area contributed by atoms with Crippen LogP contribution in [0.2, 0.25) is 0 Å². The molecule has 27 heavy (non-hydrogen) atoms. The summed E-state index contributed by atoms with van der Waals surface area (Å²) in [6.45, 7) is 2.69. The molecule has 0 spiro atoms. The fraction of sp³-hybridized carbons (Fsp3) is 0.632. The van der Waals surface area contributed by atoms with E-state index in [4.69, 9.17) is 0 Å².